The summed E-state index contributed by atoms with van der Waals surface area (Å²) < 4.78 is 37.1. The predicted octanol–water partition coefficient (Wildman–Crippen LogP) is 2.43. The fourth-order valence-electron chi connectivity index (χ4n) is 2.14. The Kier molecular flexibility index (Phi) is 7.56. The number of rotatable bonds is 10. The zero-order valence-electron chi connectivity index (χ0n) is 14.9. The van der Waals surface area contributed by atoms with E-state index in [2.05, 4.69) is 10.0 Å². The van der Waals surface area contributed by atoms with Gasteiger partial charge in [-0.15, -0.1) is 0 Å². The van der Waals surface area contributed by atoms with E-state index in [0.717, 1.165) is 6.42 Å². The van der Waals surface area contributed by atoms with Gasteiger partial charge in [-0.3, -0.25) is 9.59 Å². The summed E-state index contributed by atoms with van der Waals surface area (Å²) in [4.78, 5) is 23.3. The molecule has 0 bridgehead atoms. The van der Waals surface area contributed by atoms with Gasteiger partial charge >= 0.3 is 5.97 Å². The maximum absolute atomic E-state index is 12.3. The Morgan fingerprint density at radius 3 is 2.70 bits per heavy atom. The molecule has 8 nitrogen and oxygen atoms in total. The van der Waals surface area contributed by atoms with Crippen molar-refractivity contribution < 1.29 is 27.2 Å². The van der Waals surface area contributed by atoms with Gasteiger partial charge in [-0.1, -0.05) is 19.4 Å². The molecule has 1 heterocycles. The van der Waals surface area contributed by atoms with Crippen molar-refractivity contribution in [2.75, 3.05) is 11.9 Å². The fraction of sp³-hybridized carbons (Fsp3) is 0.333. The van der Waals surface area contributed by atoms with Crippen LogP contribution in [0.3, 0.4) is 0 Å². The first-order valence-corrected chi connectivity index (χ1v) is 9.96. The summed E-state index contributed by atoms with van der Waals surface area (Å²) in [5, 5.41) is 2.51. The molecular weight excluding hydrogens is 372 g/mol. The van der Waals surface area contributed by atoms with Crippen molar-refractivity contribution >= 4 is 27.6 Å². The molecule has 1 aromatic heterocycles. The Morgan fingerprint density at radius 2 is 2.00 bits per heavy atom. The third kappa shape index (κ3) is 6.87. The highest BCUT2D eigenvalue weighted by molar-refractivity contribution is 7.89. The van der Waals surface area contributed by atoms with Gasteiger partial charge in [0, 0.05) is 12.1 Å². The molecule has 0 spiro atoms. The molecule has 9 heteroatoms. The first kappa shape index (κ1) is 20.7. The van der Waals surface area contributed by atoms with E-state index in [0.29, 0.717) is 12.2 Å². The molecule has 2 aromatic rings. The van der Waals surface area contributed by atoms with Gasteiger partial charge in [-0.05, 0) is 36.8 Å². The number of benzene rings is 1. The number of nitrogens with one attached hydrogen (secondary N) is 2. The van der Waals surface area contributed by atoms with Crippen LogP contribution < -0.4 is 10.0 Å². The van der Waals surface area contributed by atoms with Gasteiger partial charge in [-0.25, -0.2) is 13.1 Å². The van der Waals surface area contributed by atoms with Gasteiger partial charge in [0.25, 0.3) is 5.91 Å². The summed E-state index contributed by atoms with van der Waals surface area (Å²) >= 11 is 0. The van der Waals surface area contributed by atoms with Crippen LogP contribution >= 0.6 is 0 Å². The number of carbonyl (C=O) groups is 2. The van der Waals surface area contributed by atoms with E-state index >= 15 is 0 Å². The number of ether oxygens (including phenoxy) is 1. The van der Waals surface area contributed by atoms with Crippen LogP contribution in [0.4, 0.5) is 5.69 Å². The maximum Gasteiger partial charge on any atom is 0.306 e. The van der Waals surface area contributed by atoms with E-state index in [9.17, 15) is 18.0 Å². The van der Waals surface area contributed by atoms with Crippen molar-refractivity contribution in [2.45, 2.75) is 37.6 Å². The molecule has 0 atom stereocenters. The van der Waals surface area contributed by atoms with Crippen LogP contribution in [0.15, 0.2) is 52.0 Å². The molecule has 146 valence electrons. The minimum atomic E-state index is -3.78. The number of unbranched alkanes of at least 4 members (excludes halogenated alkanes) is 1. The third-order valence-corrected chi connectivity index (χ3v) is 4.94. The van der Waals surface area contributed by atoms with E-state index < -0.39 is 28.5 Å². The van der Waals surface area contributed by atoms with Crippen molar-refractivity contribution in [1.82, 2.24) is 4.72 Å². The lowest BCUT2D eigenvalue weighted by Crippen LogP contribution is -2.24. The van der Waals surface area contributed by atoms with Gasteiger partial charge in [0.1, 0.15) is 5.76 Å². The number of anilines is 1. The van der Waals surface area contributed by atoms with Crippen LogP contribution in [0.2, 0.25) is 0 Å². The topological polar surface area (TPSA) is 115 Å². The fourth-order valence-corrected chi connectivity index (χ4v) is 3.18. The summed E-state index contributed by atoms with van der Waals surface area (Å²) in [6.07, 6.45) is 3.27. The first-order chi connectivity index (χ1) is 12.9. The van der Waals surface area contributed by atoms with Gasteiger partial charge in [0.05, 0.1) is 17.7 Å². The monoisotopic (exact) mass is 394 g/mol. The van der Waals surface area contributed by atoms with Crippen molar-refractivity contribution in [3.05, 3.63) is 48.4 Å². The number of carbonyl (C=O) groups excluding carboxylic acids is 2. The standard InChI is InChI=1S/C18H22N2O6S/c1-2-3-9-18(22)26-13-17(21)20-14-6-4-8-16(11-14)27(23,24)19-12-15-7-5-10-25-15/h4-8,10-11,19H,2-3,9,12-13H2,1H3,(H,20,21). The smallest absolute Gasteiger partial charge is 0.306 e. The predicted molar refractivity (Wildman–Crippen MR) is 98.3 cm³/mol. The second-order valence-electron chi connectivity index (χ2n) is 5.74. The van der Waals surface area contributed by atoms with E-state index in [1.807, 2.05) is 6.92 Å². The van der Waals surface area contributed by atoms with Gasteiger partial charge in [0.15, 0.2) is 6.61 Å². The van der Waals surface area contributed by atoms with Crippen molar-refractivity contribution in [3.63, 3.8) is 0 Å². The zero-order valence-corrected chi connectivity index (χ0v) is 15.8. The highest BCUT2D eigenvalue weighted by Crippen LogP contribution is 2.16. The summed E-state index contributed by atoms with van der Waals surface area (Å²) in [5.74, 6) is -0.503. The molecule has 0 fully saturated rings. The Bertz CT molecular complexity index is 862. The van der Waals surface area contributed by atoms with Crippen molar-refractivity contribution in [3.8, 4) is 0 Å². The first-order valence-electron chi connectivity index (χ1n) is 8.48. The van der Waals surface area contributed by atoms with E-state index in [4.69, 9.17) is 9.15 Å². The summed E-state index contributed by atoms with van der Waals surface area (Å²) in [6, 6.07) is 9.09. The zero-order chi connectivity index (χ0) is 19.7. The molecule has 0 aliphatic rings. The molecule has 0 aliphatic carbocycles. The van der Waals surface area contributed by atoms with Crippen LogP contribution in [0.25, 0.3) is 0 Å². The normalized spacial score (nSPS) is 11.1. The second kappa shape index (κ2) is 9.89. The molecule has 1 aromatic carbocycles. The average molecular weight is 394 g/mol. The molecule has 2 N–H and O–H groups in total. The second-order valence-corrected chi connectivity index (χ2v) is 7.51. The van der Waals surface area contributed by atoms with Gasteiger partial charge in [-0.2, -0.15) is 0 Å². The van der Waals surface area contributed by atoms with Crippen molar-refractivity contribution in [2.24, 2.45) is 0 Å². The highest BCUT2D eigenvalue weighted by atomic mass is 32.2. The van der Waals surface area contributed by atoms with E-state index in [-0.39, 0.29) is 23.5 Å². The largest absolute Gasteiger partial charge is 0.468 e. The van der Waals surface area contributed by atoms with Crippen LogP contribution in [-0.4, -0.2) is 26.9 Å². The molecule has 0 unspecified atom stereocenters. The lowest BCUT2D eigenvalue weighted by atomic mass is 10.2. The van der Waals surface area contributed by atoms with Gasteiger partial charge in [0.2, 0.25) is 10.0 Å². The van der Waals surface area contributed by atoms with Crippen molar-refractivity contribution in [1.29, 1.82) is 0 Å². The highest BCUT2D eigenvalue weighted by Gasteiger charge is 2.15. The molecule has 0 aliphatic heterocycles. The molecule has 1 amide bonds. The number of hydrogen-bond donors (Lipinski definition) is 2. The van der Waals surface area contributed by atoms with Crippen LogP contribution in [0.1, 0.15) is 31.9 Å². The SMILES string of the molecule is CCCCC(=O)OCC(=O)Nc1cccc(S(=O)(=O)NCc2ccco2)c1. The number of furan rings is 1. The summed E-state index contributed by atoms with van der Waals surface area (Å²) in [5.41, 5.74) is 0.283. The number of amides is 1. The summed E-state index contributed by atoms with van der Waals surface area (Å²) in [6.45, 7) is 1.54. The van der Waals surface area contributed by atoms with E-state index in [1.165, 1.54) is 24.5 Å². The lowest BCUT2D eigenvalue weighted by Gasteiger charge is -2.09. The molecule has 27 heavy (non-hydrogen) atoms. The molecule has 0 saturated heterocycles. The third-order valence-electron chi connectivity index (χ3n) is 3.54. The number of esters is 1. The quantitative estimate of drug-likeness (QED) is 0.598. The van der Waals surface area contributed by atoms with E-state index in [1.54, 1.807) is 18.2 Å². The Morgan fingerprint density at radius 1 is 1.19 bits per heavy atom. The Labute approximate surface area is 157 Å². The lowest BCUT2D eigenvalue weighted by molar-refractivity contribution is -0.147. The van der Waals surface area contributed by atoms with Crippen LogP contribution in [0.5, 0.6) is 0 Å². The number of hydrogen-bond acceptors (Lipinski definition) is 6. The molecule has 0 saturated carbocycles. The molecule has 0 radical (unpaired) electrons. The molecule has 2 rings (SSSR count). The number of sulfonamides is 1. The van der Waals surface area contributed by atoms with Gasteiger partial charge < -0.3 is 14.5 Å². The maximum atomic E-state index is 12.3. The minimum absolute atomic E-state index is 0.00760. The summed E-state index contributed by atoms with van der Waals surface area (Å²) in [7, 11) is -3.78. The van der Waals surface area contributed by atoms with Crippen LogP contribution in [0, 0.1) is 0 Å². The molecular formula is C18H22N2O6S. The Balaban J connectivity index is 1.91. The Hall–Kier alpha value is -2.65. The minimum Gasteiger partial charge on any atom is -0.468 e. The average Bonchev–Trinajstić information content (AvgIpc) is 3.17. The van der Waals surface area contributed by atoms with Crippen LogP contribution in [-0.2, 0) is 30.9 Å².